The van der Waals surface area contributed by atoms with Gasteiger partial charge in [-0.1, -0.05) is 78.6 Å². The summed E-state index contributed by atoms with van der Waals surface area (Å²) < 4.78 is 10.9. The highest BCUT2D eigenvalue weighted by molar-refractivity contribution is 6.12. The monoisotopic (exact) mass is 544 g/mol. The molecule has 0 aliphatic carbocycles. The number of anilines is 3. The summed E-state index contributed by atoms with van der Waals surface area (Å²) in [6.45, 7) is 4.05. The highest BCUT2D eigenvalue weighted by atomic mass is 16.5. The van der Waals surface area contributed by atoms with Crippen molar-refractivity contribution >= 4 is 28.8 Å². The van der Waals surface area contributed by atoms with Gasteiger partial charge in [-0.3, -0.25) is 9.59 Å². The maximum absolute atomic E-state index is 13.4. The molecule has 0 amide bonds. The van der Waals surface area contributed by atoms with Gasteiger partial charge in [-0.05, 0) is 49.2 Å². The summed E-state index contributed by atoms with van der Waals surface area (Å²) in [5, 5.41) is 3.51. The minimum atomic E-state index is -0.249. The molecule has 1 aliphatic rings. The van der Waals surface area contributed by atoms with Crippen LogP contribution in [0.4, 0.5) is 17.1 Å². The number of fused-ring (bicyclic) bond motifs is 1. The van der Waals surface area contributed by atoms with E-state index in [1.165, 1.54) is 0 Å². The smallest absolute Gasteiger partial charge is 0.306 e. The van der Waals surface area contributed by atoms with E-state index >= 15 is 0 Å². The number of benzene rings is 4. The summed E-state index contributed by atoms with van der Waals surface area (Å²) in [5.74, 6) is 7.23. The molecule has 0 bridgehead atoms. The molecule has 1 aliphatic heterocycles. The van der Waals surface area contributed by atoms with E-state index in [1.807, 2.05) is 97.1 Å². The molecule has 0 saturated heterocycles. The molecule has 0 spiro atoms. The third kappa shape index (κ3) is 6.77. The average molecular weight is 545 g/mol. The van der Waals surface area contributed by atoms with Crippen molar-refractivity contribution in [2.45, 2.75) is 19.8 Å². The molecule has 0 radical (unpaired) electrons. The summed E-state index contributed by atoms with van der Waals surface area (Å²) in [4.78, 5) is 27.8. The maximum Gasteiger partial charge on any atom is 0.306 e. The molecule has 5 rings (SSSR count). The fourth-order valence-corrected chi connectivity index (χ4v) is 4.82. The SMILES string of the molecule is CCOC(=O)CCc1cccc(C#CCN2CCOc3ccccc32)c1Nc1ccccc1C(=O)c1ccccc1. The summed E-state index contributed by atoms with van der Waals surface area (Å²) >= 11 is 0. The summed E-state index contributed by atoms with van der Waals surface area (Å²) in [5.41, 5.74) is 5.36. The first kappa shape index (κ1) is 27.5. The number of hydrogen-bond acceptors (Lipinski definition) is 6. The largest absolute Gasteiger partial charge is 0.490 e. The van der Waals surface area contributed by atoms with Crippen LogP contribution in [0.2, 0.25) is 0 Å². The van der Waals surface area contributed by atoms with Gasteiger partial charge in [-0.15, -0.1) is 0 Å². The van der Waals surface area contributed by atoms with Crippen LogP contribution < -0.4 is 15.0 Å². The minimum absolute atomic E-state index is 0.0729. The summed E-state index contributed by atoms with van der Waals surface area (Å²) in [6, 6.07) is 30.5. The second-order valence-corrected chi connectivity index (χ2v) is 9.55. The zero-order valence-corrected chi connectivity index (χ0v) is 23.1. The van der Waals surface area contributed by atoms with Crippen molar-refractivity contribution in [2.24, 2.45) is 0 Å². The third-order valence-electron chi connectivity index (χ3n) is 6.84. The van der Waals surface area contributed by atoms with Crippen LogP contribution in [0.25, 0.3) is 0 Å². The first-order valence-corrected chi connectivity index (χ1v) is 13.8. The van der Waals surface area contributed by atoms with Gasteiger partial charge in [0.05, 0.1) is 31.1 Å². The molecule has 41 heavy (non-hydrogen) atoms. The molecule has 1 N–H and O–H groups in total. The predicted molar refractivity (Wildman–Crippen MR) is 162 cm³/mol. The number of nitrogens with one attached hydrogen (secondary N) is 1. The van der Waals surface area contributed by atoms with E-state index in [9.17, 15) is 9.59 Å². The Labute approximate surface area is 240 Å². The topological polar surface area (TPSA) is 67.9 Å². The Morgan fingerprint density at radius 1 is 0.927 bits per heavy atom. The van der Waals surface area contributed by atoms with E-state index in [0.717, 1.165) is 34.8 Å². The Bertz CT molecular complexity index is 1590. The predicted octanol–water partition coefficient (Wildman–Crippen LogP) is 6.41. The fraction of sp³-hybridized carbons (Fsp3) is 0.200. The number of ether oxygens (including phenoxy) is 2. The number of hydrogen-bond donors (Lipinski definition) is 1. The molecule has 0 atom stereocenters. The average Bonchev–Trinajstić information content (AvgIpc) is 3.01. The maximum atomic E-state index is 13.4. The number of aryl methyl sites for hydroxylation is 1. The number of para-hydroxylation sites is 4. The number of esters is 1. The molecular formula is C35H32N2O4. The zero-order chi connectivity index (χ0) is 28.4. The lowest BCUT2D eigenvalue weighted by Gasteiger charge is -2.29. The van der Waals surface area contributed by atoms with Gasteiger partial charge < -0.3 is 19.7 Å². The quantitative estimate of drug-likeness (QED) is 0.149. The molecule has 206 valence electrons. The van der Waals surface area contributed by atoms with Crippen molar-refractivity contribution in [3.8, 4) is 17.6 Å². The van der Waals surface area contributed by atoms with Crippen LogP contribution in [0.1, 0.15) is 40.4 Å². The molecule has 0 aromatic heterocycles. The van der Waals surface area contributed by atoms with Crippen molar-refractivity contribution in [2.75, 3.05) is 36.5 Å². The Balaban J connectivity index is 1.47. The van der Waals surface area contributed by atoms with Gasteiger partial charge >= 0.3 is 5.97 Å². The minimum Gasteiger partial charge on any atom is -0.490 e. The lowest BCUT2D eigenvalue weighted by atomic mass is 9.99. The van der Waals surface area contributed by atoms with Crippen LogP contribution in [-0.2, 0) is 16.0 Å². The molecule has 0 unspecified atom stereocenters. The number of carbonyl (C=O) groups excluding carboxylic acids is 2. The molecule has 4 aromatic rings. The van der Waals surface area contributed by atoms with Crippen molar-refractivity contribution in [3.63, 3.8) is 0 Å². The number of nitrogens with zero attached hydrogens (tertiary/aromatic N) is 1. The zero-order valence-electron chi connectivity index (χ0n) is 23.1. The van der Waals surface area contributed by atoms with Crippen LogP contribution in [0.15, 0.2) is 97.1 Å². The van der Waals surface area contributed by atoms with Gasteiger partial charge in [-0.2, -0.15) is 0 Å². The van der Waals surface area contributed by atoms with E-state index < -0.39 is 0 Å². The highest BCUT2D eigenvalue weighted by Gasteiger charge is 2.18. The Hall–Kier alpha value is -5.02. The van der Waals surface area contributed by atoms with Crippen LogP contribution in [0.3, 0.4) is 0 Å². The van der Waals surface area contributed by atoms with Crippen molar-refractivity contribution in [1.29, 1.82) is 0 Å². The normalized spacial score (nSPS) is 11.9. The lowest BCUT2D eigenvalue weighted by molar-refractivity contribution is -0.143. The summed E-state index contributed by atoms with van der Waals surface area (Å²) in [7, 11) is 0. The Morgan fingerprint density at radius 2 is 1.71 bits per heavy atom. The van der Waals surface area contributed by atoms with Gasteiger partial charge in [0.15, 0.2) is 5.78 Å². The van der Waals surface area contributed by atoms with Crippen LogP contribution in [0.5, 0.6) is 5.75 Å². The molecule has 1 heterocycles. The molecular weight excluding hydrogens is 512 g/mol. The van der Waals surface area contributed by atoms with Crippen LogP contribution >= 0.6 is 0 Å². The molecule has 0 fully saturated rings. The highest BCUT2D eigenvalue weighted by Crippen LogP contribution is 2.31. The van der Waals surface area contributed by atoms with Crippen molar-refractivity contribution in [1.82, 2.24) is 0 Å². The van der Waals surface area contributed by atoms with Gasteiger partial charge in [-0.25, -0.2) is 0 Å². The Morgan fingerprint density at radius 3 is 2.56 bits per heavy atom. The van der Waals surface area contributed by atoms with E-state index in [2.05, 4.69) is 22.1 Å². The first-order chi connectivity index (χ1) is 20.1. The second-order valence-electron chi connectivity index (χ2n) is 9.55. The standard InChI is InChI=1S/C35H32N2O4/c1-2-40-33(38)22-21-27-15-10-14-26(16-11-23-37-24-25-41-32-20-9-8-19-31(32)37)34(27)36-30-18-7-6-17-29(30)35(39)28-12-4-3-5-13-28/h3-10,12-15,17-20,36H,2,21-25H2,1H3. The molecule has 4 aromatic carbocycles. The molecule has 6 nitrogen and oxygen atoms in total. The second kappa shape index (κ2) is 13.4. The van der Waals surface area contributed by atoms with E-state index in [4.69, 9.17) is 9.47 Å². The van der Waals surface area contributed by atoms with E-state index in [0.29, 0.717) is 43.0 Å². The third-order valence-corrected chi connectivity index (χ3v) is 6.84. The van der Waals surface area contributed by atoms with E-state index in [-0.39, 0.29) is 18.2 Å². The van der Waals surface area contributed by atoms with Crippen molar-refractivity contribution in [3.05, 3.63) is 119 Å². The van der Waals surface area contributed by atoms with Gasteiger partial charge in [0.2, 0.25) is 0 Å². The van der Waals surface area contributed by atoms with E-state index in [1.54, 1.807) is 6.92 Å². The van der Waals surface area contributed by atoms with Gasteiger partial charge in [0.1, 0.15) is 12.4 Å². The number of carbonyl (C=O) groups is 2. The molecule has 0 saturated carbocycles. The molecule has 6 heteroatoms. The number of rotatable bonds is 9. The summed E-state index contributed by atoms with van der Waals surface area (Å²) in [6.07, 6.45) is 0.719. The fourth-order valence-electron chi connectivity index (χ4n) is 4.82. The van der Waals surface area contributed by atoms with Crippen LogP contribution in [-0.4, -0.2) is 38.1 Å². The lowest BCUT2D eigenvalue weighted by Crippen LogP contribution is -2.32. The Kier molecular flexibility index (Phi) is 8.98. The van der Waals surface area contributed by atoms with Crippen molar-refractivity contribution < 1.29 is 19.1 Å². The first-order valence-electron chi connectivity index (χ1n) is 13.8. The number of ketones is 1. The van der Waals surface area contributed by atoms with Gasteiger partial charge in [0, 0.05) is 28.8 Å². The van der Waals surface area contributed by atoms with Gasteiger partial charge in [0.25, 0.3) is 0 Å². The van der Waals surface area contributed by atoms with Crippen LogP contribution in [0, 0.1) is 11.8 Å².